The van der Waals surface area contributed by atoms with Gasteiger partial charge in [0.15, 0.2) is 5.03 Å². The minimum atomic E-state index is -3.64. The Bertz CT molecular complexity index is 1160. The summed E-state index contributed by atoms with van der Waals surface area (Å²) in [7, 11) is -1.66. The lowest BCUT2D eigenvalue weighted by molar-refractivity contribution is 0.296. The second-order valence-electron chi connectivity index (χ2n) is 9.00. The Morgan fingerprint density at radius 3 is 2.34 bits per heavy atom. The third-order valence-corrected chi connectivity index (χ3v) is 8.36. The average molecular weight is 453 g/mol. The van der Waals surface area contributed by atoms with Crippen LogP contribution < -0.4 is 5.32 Å². The van der Waals surface area contributed by atoms with Crippen molar-refractivity contribution in [2.24, 2.45) is 18.9 Å². The summed E-state index contributed by atoms with van der Waals surface area (Å²) < 4.78 is 27.3. The lowest BCUT2D eigenvalue weighted by atomic mass is 10.0. The van der Waals surface area contributed by atoms with Crippen LogP contribution in [0.1, 0.15) is 24.2 Å². The Hall–Kier alpha value is -2.78. The van der Waals surface area contributed by atoms with Crippen molar-refractivity contribution in [3.63, 3.8) is 0 Å². The van der Waals surface area contributed by atoms with E-state index in [4.69, 9.17) is 0 Å². The molecule has 0 spiro atoms. The van der Waals surface area contributed by atoms with E-state index in [-0.39, 0.29) is 9.92 Å². The van der Waals surface area contributed by atoms with Crippen molar-refractivity contribution in [1.29, 1.82) is 0 Å². The Balaban J connectivity index is 1.17. The molecule has 2 fully saturated rings. The van der Waals surface area contributed by atoms with Gasteiger partial charge in [-0.1, -0.05) is 18.2 Å². The van der Waals surface area contributed by atoms with E-state index in [1.165, 1.54) is 11.8 Å². The minimum absolute atomic E-state index is 0.0297. The number of fused-ring (bicyclic) bond motifs is 1. The molecular weight excluding hydrogens is 424 g/mol. The Morgan fingerprint density at radius 1 is 1.03 bits per heavy atom. The van der Waals surface area contributed by atoms with Crippen LogP contribution in [0.15, 0.2) is 58.5 Å². The van der Waals surface area contributed by atoms with E-state index in [1.54, 1.807) is 36.4 Å². The van der Waals surface area contributed by atoms with Crippen molar-refractivity contribution in [2.75, 3.05) is 18.4 Å². The fourth-order valence-electron chi connectivity index (χ4n) is 5.06. The summed E-state index contributed by atoms with van der Waals surface area (Å²) in [5, 5.41) is 16.2. The van der Waals surface area contributed by atoms with E-state index < -0.39 is 9.84 Å². The second kappa shape index (κ2) is 8.29. The number of nitrogens with zero attached hydrogens (tertiary/aromatic N) is 5. The van der Waals surface area contributed by atoms with E-state index >= 15 is 0 Å². The molecule has 8 nitrogen and oxygen atoms in total. The number of hydrogen-bond donors (Lipinski definition) is 1. The first-order valence-corrected chi connectivity index (χ1v) is 12.5. The maximum Gasteiger partial charge on any atom is 0.225 e. The molecule has 2 aliphatic rings. The highest BCUT2D eigenvalue weighted by Gasteiger charge is 2.41. The van der Waals surface area contributed by atoms with Crippen molar-refractivity contribution < 1.29 is 8.42 Å². The molecule has 0 bridgehead atoms. The number of nitrogens with one attached hydrogen (secondary N) is 1. The maximum atomic E-state index is 12.7. The van der Waals surface area contributed by atoms with Crippen LogP contribution in [-0.2, 0) is 23.4 Å². The van der Waals surface area contributed by atoms with Gasteiger partial charge in [0.1, 0.15) is 5.82 Å². The van der Waals surface area contributed by atoms with Gasteiger partial charge in [-0.2, -0.15) is 5.10 Å². The van der Waals surface area contributed by atoms with E-state index in [9.17, 15) is 8.42 Å². The Labute approximate surface area is 188 Å². The molecular formula is C23H28N6O2S. The summed E-state index contributed by atoms with van der Waals surface area (Å²) in [6.07, 6.45) is 2.18. The molecule has 1 N–H and O–H groups in total. The number of anilines is 1. The molecule has 168 valence electrons. The average Bonchev–Trinajstić information content (AvgIpc) is 3.42. The number of likely N-dealkylation sites (tertiary alicyclic amines) is 1. The number of benzene rings is 1. The third kappa shape index (κ3) is 4.14. The molecule has 3 atom stereocenters. The maximum absolute atomic E-state index is 12.7. The molecule has 1 aliphatic carbocycles. The number of sulfone groups is 1. The number of aryl methyl sites for hydroxylation is 2. The van der Waals surface area contributed by atoms with Gasteiger partial charge in [0.2, 0.25) is 9.84 Å². The van der Waals surface area contributed by atoms with Crippen LogP contribution in [0.25, 0.3) is 0 Å². The zero-order chi connectivity index (χ0) is 22.3. The standard InChI is InChI=1S/C23H28N6O2S/c1-16-10-20(27-28(16)2)15-29-13-17-11-19(12-18(17)14-29)24-22-8-9-23(26-25-22)32(30,31)21-6-4-3-5-7-21/h3-10,17-19H,11-15H2,1-2H3,(H,24,25)/t17-,18+,19-. The summed E-state index contributed by atoms with van der Waals surface area (Å²) in [4.78, 5) is 2.74. The van der Waals surface area contributed by atoms with Crippen molar-refractivity contribution in [2.45, 2.75) is 42.3 Å². The van der Waals surface area contributed by atoms with Crippen LogP contribution in [-0.4, -0.2) is 52.4 Å². The second-order valence-corrected chi connectivity index (χ2v) is 10.9. The van der Waals surface area contributed by atoms with Crippen LogP contribution in [0.5, 0.6) is 0 Å². The third-order valence-electron chi connectivity index (χ3n) is 6.70. The van der Waals surface area contributed by atoms with Crippen LogP contribution in [0.2, 0.25) is 0 Å². The van der Waals surface area contributed by atoms with E-state index in [1.807, 2.05) is 11.7 Å². The predicted molar refractivity (Wildman–Crippen MR) is 121 cm³/mol. The molecule has 1 saturated heterocycles. The Morgan fingerprint density at radius 2 is 1.75 bits per heavy atom. The summed E-state index contributed by atoms with van der Waals surface area (Å²) in [5.74, 6) is 1.97. The van der Waals surface area contributed by atoms with Gasteiger partial charge >= 0.3 is 0 Å². The summed E-state index contributed by atoms with van der Waals surface area (Å²) in [6, 6.07) is 14.1. The van der Waals surface area contributed by atoms with E-state index in [2.05, 4.69) is 38.5 Å². The molecule has 0 amide bonds. The molecule has 0 unspecified atom stereocenters. The topological polar surface area (TPSA) is 93.0 Å². The zero-order valence-corrected chi connectivity index (χ0v) is 19.2. The van der Waals surface area contributed by atoms with Gasteiger partial charge in [-0.3, -0.25) is 9.58 Å². The highest BCUT2D eigenvalue weighted by molar-refractivity contribution is 7.91. The molecule has 5 rings (SSSR count). The molecule has 1 saturated carbocycles. The summed E-state index contributed by atoms with van der Waals surface area (Å²) >= 11 is 0. The van der Waals surface area contributed by atoms with Crippen LogP contribution in [0.3, 0.4) is 0 Å². The van der Waals surface area contributed by atoms with Crippen molar-refractivity contribution in [3.05, 3.63) is 59.9 Å². The van der Waals surface area contributed by atoms with Gasteiger partial charge in [0.05, 0.1) is 10.6 Å². The van der Waals surface area contributed by atoms with Gasteiger partial charge in [-0.05, 0) is 61.9 Å². The number of aromatic nitrogens is 4. The number of hydrogen-bond acceptors (Lipinski definition) is 7. The fourth-order valence-corrected chi connectivity index (χ4v) is 6.21. The van der Waals surface area contributed by atoms with Gasteiger partial charge < -0.3 is 5.32 Å². The summed E-state index contributed by atoms with van der Waals surface area (Å²) in [6.45, 7) is 5.18. The highest BCUT2D eigenvalue weighted by atomic mass is 32.2. The molecule has 3 heterocycles. The van der Waals surface area contributed by atoms with Gasteiger partial charge in [-0.15, -0.1) is 10.2 Å². The molecule has 1 aromatic carbocycles. The fraction of sp³-hybridized carbons (Fsp3) is 0.435. The SMILES string of the molecule is Cc1cc(CN2C[C@H]3C[C@@H](Nc4ccc(S(=O)(=O)c5ccccc5)nn4)C[C@H]3C2)nn1C. The number of rotatable bonds is 6. The molecule has 32 heavy (non-hydrogen) atoms. The summed E-state index contributed by atoms with van der Waals surface area (Å²) in [5.41, 5.74) is 2.33. The molecule has 2 aromatic heterocycles. The van der Waals surface area contributed by atoms with Gasteiger partial charge in [0.25, 0.3) is 0 Å². The van der Waals surface area contributed by atoms with Crippen LogP contribution in [0, 0.1) is 18.8 Å². The quantitative estimate of drug-likeness (QED) is 0.615. The van der Waals surface area contributed by atoms with Gasteiger partial charge in [-0.25, -0.2) is 8.42 Å². The zero-order valence-electron chi connectivity index (χ0n) is 18.3. The lowest BCUT2D eigenvalue weighted by Gasteiger charge is -2.19. The molecule has 9 heteroatoms. The van der Waals surface area contributed by atoms with Gasteiger partial charge in [0, 0.05) is 38.4 Å². The molecule has 3 aromatic rings. The molecule has 0 radical (unpaired) electrons. The highest BCUT2D eigenvalue weighted by Crippen LogP contribution is 2.39. The first-order valence-electron chi connectivity index (χ1n) is 11.0. The first-order chi connectivity index (χ1) is 15.4. The lowest BCUT2D eigenvalue weighted by Crippen LogP contribution is -2.25. The largest absolute Gasteiger partial charge is 0.366 e. The Kier molecular flexibility index (Phi) is 5.46. The van der Waals surface area contributed by atoms with E-state index in [0.717, 1.165) is 38.2 Å². The van der Waals surface area contributed by atoms with Crippen LogP contribution >= 0.6 is 0 Å². The van der Waals surface area contributed by atoms with Crippen LogP contribution in [0.4, 0.5) is 5.82 Å². The van der Waals surface area contributed by atoms with E-state index in [0.29, 0.717) is 23.7 Å². The normalized spacial score (nSPS) is 23.4. The molecule has 1 aliphatic heterocycles. The predicted octanol–water partition coefficient (Wildman–Crippen LogP) is 2.67. The minimum Gasteiger partial charge on any atom is -0.366 e. The monoisotopic (exact) mass is 452 g/mol. The first kappa shape index (κ1) is 21.1. The smallest absolute Gasteiger partial charge is 0.225 e. The van der Waals surface area contributed by atoms with Crippen molar-refractivity contribution in [3.8, 4) is 0 Å². The van der Waals surface area contributed by atoms with Crippen molar-refractivity contribution >= 4 is 15.7 Å². The van der Waals surface area contributed by atoms with Crippen molar-refractivity contribution in [1.82, 2.24) is 24.9 Å².